The van der Waals surface area contributed by atoms with Gasteiger partial charge < -0.3 is 19.7 Å². The van der Waals surface area contributed by atoms with Crippen LogP contribution in [0.2, 0.25) is 0 Å². The first-order valence-electron chi connectivity index (χ1n) is 8.14. The van der Waals surface area contributed by atoms with Gasteiger partial charge in [0.05, 0.1) is 6.61 Å². The van der Waals surface area contributed by atoms with E-state index in [1.165, 1.54) is 0 Å². The Kier molecular flexibility index (Phi) is 13.9. The molecule has 6 nitrogen and oxygen atoms in total. The van der Waals surface area contributed by atoms with Gasteiger partial charge in [-0.15, -0.1) is 0 Å². The zero-order chi connectivity index (χ0) is 20.5. The molecule has 0 aliphatic rings. The second-order valence-corrected chi connectivity index (χ2v) is 5.05. The fourth-order valence-electron chi connectivity index (χ4n) is 1.75. The Bertz CT molecular complexity index is 655. The molecule has 0 amide bonds. The maximum atomic E-state index is 11.9. The third kappa shape index (κ3) is 10.7. The summed E-state index contributed by atoms with van der Waals surface area (Å²) in [5, 5.41) is 18.0. The number of carbonyl (C=O) groups is 2. The molecule has 2 rings (SSSR count). The summed E-state index contributed by atoms with van der Waals surface area (Å²) in [6.07, 6.45) is -0.0287. The van der Waals surface area contributed by atoms with Crippen LogP contribution >= 0.6 is 0 Å². The predicted molar refractivity (Wildman–Crippen MR) is 103 cm³/mol. The highest BCUT2D eigenvalue weighted by atomic mass is 16.5. The first-order valence-corrected chi connectivity index (χ1v) is 8.14. The Morgan fingerprint density at radius 3 is 1.96 bits per heavy atom. The van der Waals surface area contributed by atoms with Crippen LogP contribution in [0.15, 0.2) is 73.3 Å². The normalized spacial score (nSPS) is 10.2. The van der Waals surface area contributed by atoms with E-state index in [-0.39, 0.29) is 19.0 Å². The van der Waals surface area contributed by atoms with Crippen molar-refractivity contribution in [3.05, 3.63) is 84.4 Å². The fraction of sp³-hybridized carbons (Fsp3) is 0.238. The lowest BCUT2D eigenvalue weighted by Crippen LogP contribution is -2.11. The lowest BCUT2D eigenvalue weighted by Gasteiger charge is -2.09. The molecular formula is C21H26O6. The van der Waals surface area contributed by atoms with Gasteiger partial charge in [0.25, 0.3) is 0 Å². The number of methoxy groups -OCH3 is 1. The standard InChI is InChI=1S/C14H12O2.C5H8O3.C2H6O/c15-13(11-7-3-1-4-8-11)14(16)12-9-5-2-6-10-12;1-2-5(7)8-4-3-6;1-3-2/h1-10,13,15H;2,6H,1,3-4H2;1-2H3. The minimum atomic E-state index is -1.08. The molecule has 0 bridgehead atoms. The van der Waals surface area contributed by atoms with Gasteiger partial charge in [-0.3, -0.25) is 4.79 Å². The Labute approximate surface area is 159 Å². The molecule has 27 heavy (non-hydrogen) atoms. The maximum Gasteiger partial charge on any atom is 0.330 e. The lowest BCUT2D eigenvalue weighted by molar-refractivity contribution is -0.138. The molecule has 1 atom stereocenters. The first kappa shape index (κ1) is 24.2. The van der Waals surface area contributed by atoms with Crippen LogP contribution in [0.1, 0.15) is 22.0 Å². The Hall–Kier alpha value is -2.80. The smallest absolute Gasteiger partial charge is 0.330 e. The van der Waals surface area contributed by atoms with Crippen molar-refractivity contribution in [1.29, 1.82) is 0 Å². The van der Waals surface area contributed by atoms with Gasteiger partial charge in [0.1, 0.15) is 12.7 Å². The van der Waals surface area contributed by atoms with E-state index in [1.807, 2.05) is 12.1 Å². The fourth-order valence-corrected chi connectivity index (χ4v) is 1.75. The predicted octanol–water partition coefficient (Wildman–Crippen LogP) is 2.57. The summed E-state index contributed by atoms with van der Waals surface area (Å²) in [4.78, 5) is 22.0. The van der Waals surface area contributed by atoms with Crippen molar-refractivity contribution in [2.45, 2.75) is 6.10 Å². The van der Waals surface area contributed by atoms with Gasteiger partial charge in [0, 0.05) is 25.9 Å². The molecule has 0 aromatic heterocycles. The number of ether oxygens (including phenoxy) is 2. The minimum absolute atomic E-state index is 0.0465. The van der Waals surface area contributed by atoms with Gasteiger partial charge in [0.15, 0.2) is 5.78 Å². The number of hydrogen-bond donors (Lipinski definition) is 2. The van der Waals surface area contributed by atoms with Crippen LogP contribution in [0.4, 0.5) is 0 Å². The highest BCUT2D eigenvalue weighted by Crippen LogP contribution is 2.17. The maximum absolute atomic E-state index is 11.9. The van der Waals surface area contributed by atoms with Crippen LogP contribution in [0.3, 0.4) is 0 Å². The summed E-state index contributed by atoms with van der Waals surface area (Å²) in [5.41, 5.74) is 1.15. The number of rotatable bonds is 6. The number of carbonyl (C=O) groups excluding carboxylic acids is 2. The first-order chi connectivity index (χ1) is 13.0. The third-order valence-corrected chi connectivity index (χ3v) is 2.92. The number of ketones is 1. The Morgan fingerprint density at radius 2 is 1.52 bits per heavy atom. The zero-order valence-corrected chi connectivity index (χ0v) is 15.6. The lowest BCUT2D eigenvalue weighted by atomic mass is 10.0. The highest BCUT2D eigenvalue weighted by molar-refractivity contribution is 5.99. The van der Waals surface area contributed by atoms with E-state index in [0.29, 0.717) is 11.1 Å². The number of aliphatic hydroxyl groups excluding tert-OH is 2. The third-order valence-electron chi connectivity index (χ3n) is 2.92. The van der Waals surface area contributed by atoms with Crippen molar-refractivity contribution in [1.82, 2.24) is 0 Å². The van der Waals surface area contributed by atoms with Gasteiger partial charge in [-0.1, -0.05) is 67.2 Å². The molecular weight excluding hydrogens is 348 g/mol. The summed E-state index contributed by atoms with van der Waals surface area (Å²) < 4.78 is 8.58. The number of esters is 1. The van der Waals surface area contributed by atoms with E-state index in [4.69, 9.17) is 5.11 Å². The van der Waals surface area contributed by atoms with Gasteiger partial charge in [0.2, 0.25) is 0 Å². The summed E-state index contributed by atoms with van der Waals surface area (Å²) >= 11 is 0. The molecule has 1 unspecified atom stereocenters. The second-order valence-electron chi connectivity index (χ2n) is 5.05. The summed E-state index contributed by atoms with van der Waals surface area (Å²) in [6, 6.07) is 17.7. The molecule has 2 aromatic carbocycles. The molecule has 0 heterocycles. The molecule has 0 saturated carbocycles. The molecule has 0 aliphatic heterocycles. The van der Waals surface area contributed by atoms with Crippen molar-refractivity contribution in [3.63, 3.8) is 0 Å². The van der Waals surface area contributed by atoms with Crippen molar-refractivity contribution in [2.24, 2.45) is 0 Å². The monoisotopic (exact) mass is 374 g/mol. The zero-order valence-electron chi connectivity index (χ0n) is 15.6. The Morgan fingerprint density at radius 1 is 1.04 bits per heavy atom. The van der Waals surface area contributed by atoms with Crippen LogP contribution < -0.4 is 0 Å². The highest BCUT2D eigenvalue weighted by Gasteiger charge is 2.18. The average Bonchev–Trinajstić information content (AvgIpc) is 2.73. The van der Waals surface area contributed by atoms with E-state index in [0.717, 1.165) is 6.08 Å². The van der Waals surface area contributed by atoms with E-state index < -0.39 is 12.1 Å². The number of aliphatic hydroxyl groups is 2. The molecule has 2 N–H and O–H groups in total. The SMILES string of the molecule is C=CC(=O)OCCO.COC.O=C(c1ccccc1)C(O)c1ccccc1. The van der Waals surface area contributed by atoms with Crippen LogP contribution in [-0.4, -0.2) is 49.4 Å². The molecule has 2 aromatic rings. The van der Waals surface area contributed by atoms with Gasteiger partial charge in [-0.2, -0.15) is 0 Å². The minimum Gasteiger partial charge on any atom is -0.460 e. The van der Waals surface area contributed by atoms with E-state index in [9.17, 15) is 14.7 Å². The topological polar surface area (TPSA) is 93.1 Å². The average molecular weight is 374 g/mol. The van der Waals surface area contributed by atoms with E-state index in [1.54, 1.807) is 62.8 Å². The molecule has 0 fully saturated rings. The molecule has 0 saturated heterocycles. The number of Topliss-reactive ketones (excluding diaryl/α,β-unsaturated/α-hetero) is 1. The van der Waals surface area contributed by atoms with Crippen molar-refractivity contribution < 1.29 is 29.3 Å². The van der Waals surface area contributed by atoms with Crippen molar-refractivity contribution in [2.75, 3.05) is 27.4 Å². The van der Waals surface area contributed by atoms with Crippen molar-refractivity contribution >= 4 is 11.8 Å². The van der Waals surface area contributed by atoms with Gasteiger partial charge in [-0.05, 0) is 5.56 Å². The quantitative estimate of drug-likeness (QED) is 0.459. The van der Waals surface area contributed by atoms with Crippen molar-refractivity contribution in [3.8, 4) is 0 Å². The van der Waals surface area contributed by atoms with Gasteiger partial charge in [-0.25, -0.2) is 4.79 Å². The van der Waals surface area contributed by atoms with Crippen LogP contribution in [-0.2, 0) is 14.3 Å². The summed E-state index contributed by atoms with van der Waals surface area (Å²) in [7, 11) is 3.25. The van der Waals surface area contributed by atoms with Crippen LogP contribution in [0.5, 0.6) is 0 Å². The van der Waals surface area contributed by atoms with Crippen LogP contribution in [0.25, 0.3) is 0 Å². The van der Waals surface area contributed by atoms with Gasteiger partial charge >= 0.3 is 5.97 Å². The summed E-state index contributed by atoms with van der Waals surface area (Å²) in [5.74, 6) is -0.772. The molecule has 146 valence electrons. The summed E-state index contributed by atoms with van der Waals surface area (Å²) in [6.45, 7) is 3.06. The second kappa shape index (κ2) is 15.5. The van der Waals surface area contributed by atoms with Crippen LogP contribution in [0, 0.1) is 0 Å². The molecule has 0 spiro atoms. The van der Waals surface area contributed by atoms with E-state index >= 15 is 0 Å². The largest absolute Gasteiger partial charge is 0.460 e. The molecule has 0 radical (unpaired) electrons. The number of benzene rings is 2. The Balaban J connectivity index is 0.000000519. The molecule has 0 aliphatic carbocycles. The van der Waals surface area contributed by atoms with E-state index in [2.05, 4.69) is 16.1 Å². The number of hydrogen-bond acceptors (Lipinski definition) is 6. The molecule has 6 heteroatoms.